The van der Waals surface area contributed by atoms with E-state index in [0.29, 0.717) is 25.7 Å². The van der Waals surface area contributed by atoms with E-state index in [2.05, 4.69) is 13.2 Å². The van der Waals surface area contributed by atoms with Crippen molar-refractivity contribution in [1.82, 2.24) is 4.90 Å². The third-order valence-corrected chi connectivity index (χ3v) is 9.03. The Balaban J connectivity index is 1.89. The highest BCUT2D eigenvalue weighted by molar-refractivity contribution is 6.05. The number of benzene rings is 1. The summed E-state index contributed by atoms with van der Waals surface area (Å²) in [6, 6.07) is 4.31. The van der Waals surface area contributed by atoms with Gasteiger partial charge in [-0.25, -0.2) is 0 Å². The molecule has 2 amide bonds. The van der Waals surface area contributed by atoms with Crippen LogP contribution in [0.25, 0.3) is 0 Å². The van der Waals surface area contributed by atoms with Gasteiger partial charge in [0.15, 0.2) is 0 Å². The molecule has 0 radical (unpaired) electrons. The number of aliphatic hydroxyl groups excluding tert-OH is 1. The summed E-state index contributed by atoms with van der Waals surface area (Å²) in [6.07, 6.45) is 5.18. The van der Waals surface area contributed by atoms with Gasteiger partial charge < -0.3 is 24.4 Å². The second-order valence-corrected chi connectivity index (χ2v) is 12.0. The fourth-order valence-electron chi connectivity index (χ4n) is 7.33. The Kier molecular flexibility index (Phi) is 8.62. The summed E-state index contributed by atoms with van der Waals surface area (Å²) in [5, 5.41) is 10.5. The van der Waals surface area contributed by atoms with Crippen LogP contribution < -0.4 is 4.90 Å². The second-order valence-electron chi connectivity index (χ2n) is 12.0. The first-order chi connectivity index (χ1) is 19.0. The van der Waals surface area contributed by atoms with Crippen LogP contribution in [0.1, 0.15) is 57.6 Å². The molecule has 0 aromatic heterocycles. The average molecular weight is 553 g/mol. The van der Waals surface area contributed by atoms with Crippen molar-refractivity contribution in [2.45, 2.75) is 83.6 Å². The van der Waals surface area contributed by atoms with E-state index in [-0.39, 0.29) is 37.5 Å². The van der Waals surface area contributed by atoms with E-state index in [1.807, 2.05) is 52.8 Å². The summed E-state index contributed by atoms with van der Waals surface area (Å²) >= 11 is 0. The van der Waals surface area contributed by atoms with Crippen molar-refractivity contribution < 1.29 is 29.0 Å². The molecule has 0 saturated carbocycles. The van der Waals surface area contributed by atoms with Crippen molar-refractivity contribution >= 4 is 23.5 Å². The number of hydrogen-bond donors (Lipinski definition) is 1. The minimum absolute atomic E-state index is 0.0292. The molecule has 1 N–H and O–H groups in total. The van der Waals surface area contributed by atoms with Crippen LogP contribution in [-0.2, 0) is 23.9 Å². The Morgan fingerprint density at radius 2 is 1.98 bits per heavy atom. The van der Waals surface area contributed by atoms with Crippen LogP contribution in [0.15, 0.2) is 43.5 Å². The fourth-order valence-corrected chi connectivity index (χ4v) is 7.33. The average Bonchev–Trinajstić information content (AvgIpc) is 3.53. The first kappa shape index (κ1) is 30.0. The van der Waals surface area contributed by atoms with Gasteiger partial charge in [-0.15, -0.1) is 6.58 Å². The lowest BCUT2D eigenvalue weighted by Gasteiger charge is -2.40. The SMILES string of the molecule is C=CCOC(=O)[C@H]1[C@H]2C(=O)N([C@@H](CO)CC(C)C)C(C(=O)N(CC=C)c3cc(C)ccc3C)C23CC[C@]1(CC)O3. The molecule has 3 saturated heterocycles. The van der Waals surface area contributed by atoms with Gasteiger partial charge in [0, 0.05) is 12.2 Å². The van der Waals surface area contributed by atoms with Crippen molar-refractivity contribution in [3.05, 3.63) is 54.6 Å². The highest BCUT2D eigenvalue weighted by Crippen LogP contribution is 2.65. The van der Waals surface area contributed by atoms with Gasteiger partial charge in [-0.05, 0) is 62.6 Å². The van der Waals surface area contributed by atoms with E-state index < -0.39 is 41.1 Å². The lowest BCUT2D eigenvalue weighted by Crippen LogP contribution is -2.59. The molecular formula is C32H44N2O6. The Bertz CT molecular complexity index is 1180. The Labute approximate surface area is 238 Å². The van der Waals surface area contributed by atoms with Crippen molar-refractivity contribution in [1.29, 1.82) is 0 Å². The molecule has 3 heterocycles. The minimum Gasteiger partial charge on any atom is -0.461 e. The Morgan fingerprint density at radius 1 is 1.25 bits per heavy atom. The maximum atomic E-state index is 14.8. The smallest absolute Gasteiger partial charge is 0.313 e. The summed E-state index contributed by atoms with van der Waals surface area (Å²) in [4.78, 5) is 46.0. The van der Waals surface area contributed by atoms with Gasteiger partial charge in [0.25, 0.3) is 5.91 Å². The van der Waals surface area contributed by atoms with E-state index in [1.54, 1.807) is 15.9 Å². The molecule has 1 spiro atoms. The van der Waals surface area contributed by atoms with E-state index in [0.717, 1.165) is 16.8 Å². The van der Waals surface area contributed by atoms with Gasteiger partial charge in [0.05, 0.1) is 24.2 Å². The predicted octanol–water partition coefficient (Wildman–Crippen LogP) is 4.11. The highest BCUT2D eigenvalue weighted by atomic mass is 16.6. The number of fused-ring (bicyclic) bond motifs is 1. The third-order valence-electron chi connectivity index (χ3n) is 9.03. The number of anilines is 1. The molecule has 1 aromatic carbocycles. The number of esters is 1. The van der Waals surface area contributed by atoms with Crippen LogP contribution in [0.2, 0.25) is 0 Å². The highest BCUT2D eigenvalue weighted by Gasteiger charge is 2.79. The number of likely N-dealkylation sites (tertiary alicyclic amines) is 1. The Morgan fingerprint density at radius 3 is 2.58 bits per heavy atom. The van der Waals surface area contributed by atoms with Crippen LogP contribution in [0, 0.1) is 31.6 Å². The number of carbonyl (C=O) groups excluding carboxylic acids is 3. The number of ether oxygens (including phenoxy) is 2. The summed E-state index contributed by atoms with van der Waals surface area (Å²) < 4.78 is 12.4. The van der Waals surface area contributed by atoms with E-state index >= 15 is 0 Å². The third kappa shape index (κ3) is 4.69. The van der Waals surface area contributed by atoms with Gasteiger partial charge in [-0.1, -0.05) is 51.6 Å². The maximum Gasteiger partial charge on any atom is 0.313 e. The molecule has 0 aliphatic carbocycles. The monoisotopic (exact) mass is 552 g/mol. The molecule has 8 nitrogen and oxygen atoms in total. The first-order valence-corrected chi connectivity index (χ1v) is 14.4. The fraction of sp³-hybridized carbons (Fsp3) is 0.594. The van der Waals surface area contributed by atoms with Crippen molar-refractivity contribution in [2.24, 2.45) is 17.8 Å². The summed E-state index contributed by atoms with van der Waals surface area (Å²) in [6.45, 7) is 17.4. The van der Waals surface area contributed by atoms with Crippen molar-refractivity contribution in [3.63, 3.8) is 0 Å². The molecule has 2 unspecified atom stereocenters. The van der Waals surface area contributed by atoms with Gasteiger partial charge in [0.2, 0.25) is 5.91 Å². The van der Waals surface area contributed by atoms with Crippen LogP contribution in [-0.4, -0.2) is 70.8 Å². The molecule has 218 valence electrons. The number of aryl methyl sites for hydroxylation is 2. The molecule has 1 aromatic rings. The number of hydrogen-bond acceptors (Lipinski definition) is 6. The molecule has 3 aliphatic heterocycles. The van der Waals surface area contributed by atoms with Crippen molar-refractivity contribution in [3.8, 4) is 0 Å². The normalized spacial score (nSPS) is 29.4. The molecule has 6 atom stereocenters. The summed E-state index contributed by atoms with van der Waals surface area (Å²) in [5.74, 6) is -2.68. The van der Waals surface area contributed by atoms with Gasteiger partial charge in [-0.3, -0.25) is 14.4 Å². The number of nitrogens with zero attached hydrogens (tertiary/aromatic N) is 2. The molecular weight excluding hydrogens is 508 g/mol. The quantitative estimate of drug-likeness (QED) is 0.310. The lowest BCUT2D eigenvalue weighted by molar-refractivity contribution is -0.161. The van der Waals surface area contributed by atoms with Gasteiger partial charge in [0.1, 0.15) is 24.2 Å². The van der Waals surface area contributed by atoms with Crippen LogP contribution >= 0.6 is 0 Å². The second kappa shape index (κ2) is 11.5. The molecule has 8 heteroatoms. The van der Waals surface area contributed by atoms with Crippen molar-refractivity contribution in [2.75, 3.05) is 24.7 Å². The number of amides is 2. The molecule has 2 bridgehead atoms. The number of rotatable bonds is 12. The predicted molar refractivity (Wildman–Crippen MR) is 154 cm³/mol. The molecule has 3 aliphatic rings. The summed E-state index contributed by atoms with van der Waals surface area (Å²) in [5.41, 5.74) is 0.557. The lowest BCUT2D eigenvalue weighted by atomic mass is 9.65. The van der Waals surface area contributed by atoms with Crippen LogP contribution in [0.3, 0.4) is 0 Å². The summed E-state index contributed by atoms with van der Waals surface area (Å²) in [7, 11) is 0. The molecule has 40 heavy (non-hydrogen) atoms. The minimum atomic E-state index is -1.20. The standard InChI is InChI=1S/C32H44N2O6/c1-8-15-33(24-18-21(6)11-12-22(24)7)29(37)27-32-14-13-31(10-3,40-32)26(30(38)39-16-9-2)25(32)28(36)34(27)23(19-35)17-20(4)5/h8-9,11-12,18,20,23,25-27,35H,1-2,10,13-17,19H2,3-7H3/t23-,25+,26-,27?,31+,32?/m1/s1. The Hall–Kier alpha value is -2.97. The number of carbonyl (C=O) groups is 3. The topological polar surface area (TPSA) is 96.4 Å². The van der Waals surface area contributed by atoms with Gasteiger partial charge >= 0.3 is 5.97 Å². The number of aliphatic hydroxyl groups is 1. The van der Waals surface area contributed by atoms with E-state index in [9.17, 15) is 19.5 Å². The van der Waals surface area contributed by atoms with Crippen LogP contribution in [0.5, 0.6) is 0 Å². The van der Waals surface area contributed by atoms with Gasteiger partial charge in [-0.2, -0.15) is 0 Å². The molecule has 4 rings (SSSR count). The van der Waals surface area contributed by atoms with E-state index in [1.165, 1.54) is 6.08 Å². The largest absolute Gasteiger partial charge is 0.461 e. The zero-order valence-electron chi connectivity index (χ0n) is 24.5. The van der Waals surface area contributed by atoms with Crippen LogP contribution in [0.4, 0.5) is 5.69 Å². The maximum absolute atomic E-state index is 14.8. The zero-order chi connectivity index (χ0) is 29.4. The zero-order valence-corrected chi connectivity index (χ0v) is 24.5. The first-order valence-electron chi connectivity index (χ1n) is 14.4. The van der Waals surface area contributed by atoms with E-state index in [4.69, 9.17) is 9.47 Å². The molecule has 3 fully saturated rings.